The van der Waals surface area contributed by atoms with E-state index in [2.05, 4.69) is 4.98 Å². The van der Waals surface area contributed by atoms with Crippen molar-refractivity contribution in [1.29, 1.82) is 0 Å². The number of ether oxygens (including phenoxy) is 2. The minimum atomic E-state index is -1.35. The molecule has 6 aromatic rings. The van der Waals surface area contributed by atoms with Crippen LogP contribution in [0.2, 0.25) is 0 Å². The first-order valence-corrected chi connectivity index (χ1v) is 14.4. The molecule has 0 saturated carbocycles. The first-order valence-electron chi connectivity index (χ1n) is 14.4. The molecule has 2 saturated heterocycles. The average molecular weight is 612 g/mol. The largest absolute Gasteiger partial charge is 0.387 e. The standard InChI is InChI=1S/C33H23F2N3O7/c34-15-6-8-19-17(10-15)22-24-25(32(42)38(31(24)41)44-12-14-4-2-1-3-5-14)23-18-11-16(35)7-9-20(18)37(27(23)26(22)36-19)33-29(40)30-28(39)21(45-33)13-43-30/h1-11,21,28-30,33,36,39-40H,12-13H2/t21?,28-,29-,30?,33-/m1/s1. The molecule has 4 aromatic carbocycles. The summed E-state index contributed by atoms with van der Waals surface area (Å²) in [6.45, 7) is -0.0208. The highest BCUT2D eigenvalue weighted by Crippen LogP contribution is 2.48. The van der Waals surface area contributed by atoms with Gasteiger partial charge >= 0.3 is 0 Å². The molecule has 2 bridgehead atoms. The summed E-state index contributed by atoms with van der Waals surface area (Å²) in [4.78, 5) is 37.4. The van der Waals surface area contributed by atoms with Gasteiger partial charge in [-0.15, -0.1) is 5.06 Å². The minimum absolute atomic E-state index is 0.0142. The Labute approximate surface area is 251 Å². The van der Waals surface area contributed by atoms with E-state index in [4.69, 9.17) is 14.3 Å². The third-order valence-electron chi connectivity index (χ3n) is 9.08. The predicted octanol–water partition coefficient (Wildman–Crippen LogP) is 4.45. The summed E-state index contributed by atoms with van der Waals surface area (Å²) in [5, 5.41) is 23.8. The van der Waals surface area contributed by atoms with Crippen molar-refractivity contribution in [1.82, 2.24) is 14.6 Å². The maximum Gasteiger partial charge on any atom is 0.286 e. The Kier molecular flexibility index (Phi) is 5.57. The molecule has 2 unspecified atom stereocenters. The number of aliphatic hydroxyl groups is 2. The van der Waals surface area contributed by atoms with Crippen molar-refractivity contribution in [2.75, 3.05) is 6.61 Å². The van der Waals surface area contributed by atoms with E-state index < -0.39 is 54.1 Å². The SMILES string of the molecule is O=C1c2c(c3c4cc(F)ccc4n([C@@H]4OC5COC([C@@H]5O)[C@H]4O)c3c3[nH]c4ccc(F)cc4c23)C(=O)N1OCc1ccccc1. The van der Waals surface area contributed by atoms with Gasteiger partial charge in [0.05, 0.1) is 34.3 Å². The molecule has 10 nitrogen and oxygen atoms in total. The molecular weight excluding hydrogens is 588 g/mol. The van der Waals surface area contributed by atoms with Crippen LogP contribution in [0.5, 0.6) is 0 Å². The molecule has 5 atom stereocenters. The summed E-state index contributed by atoms with van der Waals surface area (Å²) in [6.07, 6.45) is -5.23. The average Bonchev–Trinajstić information content (AvgIpc) is 3.71. The number of imide groups is 1. The number of aliphatic hydroxyl groups excluding tert-OH is 2. The fourth-order valence-electron chi connectivity index (χ4n) is 7.13. The second-order valence-electron chi connectivity index (χ2n) is 11.6. The zero-order valence-electron chi connectivity index (χ0n) is 23.2. The van der Waals surface area contributed by atoms with E-state index in [1.165, 1.54) is 36.4 Å². The van der Waals surface area contributed by atoms with Gasteiger partial charge in [-0.3, -0.25) is 14.4 Å². The molecule has 2 fully saturated rings. The number of hydrogen-bond donors (Lipinski definition) is 3. The number of nitrogens with zero attached hydrogens (tertiary/aromatic N) is 2. The van der Waals surface area contributed by atoms with Gasteiger partial charge in [-0.25, -0.2) is 8.78 Å². The number of H-pyrrole nitrogens is 1. The van der Waals surface area contributed by atoms with Crippen LogP contribution in [-0.4, -0.2) is 67.7 Å². The van der Waals surface area contributed by atoms with E-state index in [0.29, 0.717) is 32.5 Å². The number of aromatic amines is 1. The van der Waals surface area contributed by atoms with E-state index in [0.717, 1.165) is 5.56 Å². The lowest BCUT2D eigenvalue weighted by atomic mass is 9.96. The molecule has 0 radical (unpaired) electrons. The number of hydroxylamine groups is 2. The Bertz CT molecular complexity index is 2250. The van der Waals surface area contributed by atoms with Crippen molar-refractivity contribution in [3.8, 4) is 0 Å². The summed E-state index contributed by atoms with van der Waals surface area (Å²) in [5.74, 6) is -2.66. The summed E-state index contributed by atoms with van der Waals surface area (Å²) < 4.78 is 43.1. The Morgan fingerprint density at radius 1 is 0.889 bits per heavy atom. The maximum absolute atomic E-state index is 14.9. The van der Waals surface area contributed by atoms with Gasteiger partial charge in [0.1, 0.15) is 42.7 Å². The van der Waals surface area contributed by atoms with Crippen LogP contribution < -0.4 is 0 Å². The van der Waals surface area contributed by atoms with Gasteiger partial charge < -0.3 is 29.2 Å². The summed E-state index contributed by atoms with van der Waals surface area (Å²) in [6, 6.07) is 17.1. The van der Waals surface area contributed by atoms with Gasteiger partial charge in [0, 0.05) is 27.1 Å². The van der Waals surface area contributed by atoms with E-state index in [9.17, 15) is 28.6 Å². The van der Waals surface area contributed by atoms with Crippen molar-refractivity contribution >= 4 is 55.4 Å². The van der Waals surface area contributed by atoms with Crippen molar-refractivity contribution in [2.45, 2.75) is 37.3 Å². The lowest BCUT2D eigenvalue weighted by Crippen LogP contribution is -2.50. The molecule has 2 amide bonds. The molecule has 3 aliphatic rings. The topological polar surface area (TPSA) is 126 Å². The Balaban J connectivity index is 1.37. The molecule has 9 rings (SSSR count). The van der Waals surface area contributed by atoms with Crippen molar-refractivity contribution in [3.63, 3.8) is 0 Å². The van der Waals surface area contributed by atoms with Gasteiger partial charge in [-0.05, 0) is 42.0 Å². The molecule has 5 heterocycles. The molecule has 3 N–H and O–H groups in total. The lowest BCUT2D eigenvalue weighted by molar-refractivity contribution is -0.192. The van der Waals surface area contributed by atoms with Crippen LogP contribution in [-0.2, 0) is 20.9 Å². The highest BCUT2D eigenvalue weighted by molar-refractivity contribution is 6.39. The number of carbonyl (C=O) groups excluding carboxylic acids is 2. The number of halogens is 2. The van der Waals surface area contributed by atoms with Crippen LogP contribution in [0.3, 0.4) is 0 Å². The Morgan fingerprint density at radius 2 is 1.60 bits per heavy atom. The van der Waals surface area contributed by atoms with Gasteiger partial charge in [0.15, 0.2) is 6.23 Å². The predicted molar refractivity (Wildman–Crippen MR) is 156 cm³/mol. The molecule has 12 heteroatoms. The first kappa shape index (κ1) is 26.7. The van der Waals surface area contributed by atoms with E-state index >= 15 is 0 Å². The summed E-state index contributed by atoms with van der Waals surface area (Å²) >= 11 is 0. The monoisotopic (exact) mass is 611 g/mol. The van der Waals surface area contributed by atoms with Gasteiger partial charge in [0.25, 0.3) is 11.8 Å². The zero-order chi connectivity index (χ0) is 30.7. The van der Waals surface area contributed by atoms with Crippen LogP contribution in [0.1, 0.15) is 32.5 Å². The van der Waals surface area contributed by atoms with Gasteiger partial charge in [-0.2, -0.15) is 0 Å². The normalized spacial score (nSPS) is 24.6. The lowest BCUT2D eigenvalue weighted by Gasteiger charge is -2.36. The molecule has 0 aliphatic carbocycles. The number of nitrogens with one attached hydrogen (secondary N) is 1. The Morgan fingerprint density at radius 3 is 2.38 bits per heavy atom. The molecular formula is C33H23F2N3O7. The van der Waals surface area contributed by atoms with Gasteiger partial charge in [0.2, 0.25) is 0 Å². The second-order valence-corrected chi connectivity index (χ2v) is 11.6. The first-order chi connectivity index (χ1) is 21.8. The summed E-state index contributed by atoms with van der Waals surface area (Å²) in [7, 11) is 0. The number of hydrogen-bond acceptors (Lipinski definition) is 7. The molecule has 45 heavy (non-hydrogen) atoms. The van der Waals surface area contributed by atoms with E-state index in [-0.39, 0.29) is 40.5 Å². The van der Waals surface area contributed by atoms with Crippen LogP contribution in [0.4, 0.5) is 8.78 Å². The Hall–Kier alpha value is -4.72. The minimum Gasteiger partial charge on any atom is -0.387 e. The fraction of sp³-hybridized carbons (Fsp3) is 0.212. The molecule has 2 aromatic heterocycles. The number of benzene rings is 4. The highest BCUT2D eigenvalue weighted by atomic mass is 19.1. The van der Waals surface area contributed by atoms with Crippen LogP contribution in [0, 0.1) is 11.6 Å². The molecule has 3 aliphatic heterocycles. The smallest absolute Gasteiger partial charge is 0.286 e. The number of fused-ring (bicyclic) bond motifs is 12. The van der Waals surface area contributed by atoms with Crippen LogP contribution >= 0.6 is 0 Å². The number of aromatic nitrogens is 2. The van der Waals surface area contributed by atoms with Crippen molar-refractivity contribution in [3.05, 3.63) is 95.1 Å². The third kappa shape index (κ3) is 3.59. The number of rotatable bonds is 4. The summed E-state index contributed by atoms with van der Waals surface area (Å²) in [5.41, 5.74) is 2.22. The van der Waals surface area contributed by atoms with Crippen molar-refractivity contribution in [2.24, 2.45) is 0 Å². The fourth-order valence-corrected chi connectivity index (χ4v) is 7.13. The molecule has 226 valence electrons. The third-order valence-corrected chi connectivity index (χ3v) is 9.08. The second kappa shape index (κ2) is 9.39. The number of carbonyl (C=O) groups is 2. The van der Waals surface area contributed by atoms with Crippen LogP contribution in [0.15, 0.2) is 66.7 Å². The van der Waals surface area contributed by atoms with Crippen molar-refractivity contribution < 1.29 is 42.9 Å². The quantitative estimate of drug-likeness (QED) is 0.252. The maximum atomic E-state index is 14.9. The zero-order valence-corrected chi connectivity index (χ0v) is 23.2. The molecule has 0 spiro atoms. The van der Waals surface area contributed by atoms with Gasteiger partial charge in [-0.1, -0.05) is 30.3 Å². The number of amides is 2. The van der Waals surface area contributed by atoms with E-state index in [1.807, 2.05) is 6.07 Å². The highest BCUT2D eigenvalue weighted by Gasteiger charge is 2.52. The van der Waals surface area contributed by atoms with Crippen LogP contribution in [0.25, 0.3) is 43.6 Å². The van der Waals surface area contributed by atoms with E-state index in [1.54, 1.807) is 28.8 Å².